The average molecular weight is 243 g/mol. The van der Waals surface area contributed by atoms with Crippen LogP contribution in [-0.2, 0) is 6.54 Å². The lowest BCUT2D eigenvalue weighted by molar-refractivity contribution is 0.0342. The second kappa shape index (κ2) is 4.18. The van der Waals surface area contributed by atoms with E-state index in [1.807, 2.05) is 6.92 Å². The Kier molecular flexibility index (Phi) is 3.04. The van der Waals surface area contributed by atoms with Crippen LogP contribution in [0.1, 0.15) is 43.1 Å². The highest BCUT2D eigenvalue weighted by molar-refractivity contribution is 6.34. The molecule has 16 heavy (non-hydrogen) atoms. The minimum absolute atomic E-state index is 0.283. The molecule has 0 spiro atoms. The van der Waals surface area contributed by atoms with Gasteiger partial charge in [-0.05, 0) is 32.6 Å². The first-order chi connectivity index (χ1) is 7.58. The third kappa shape index (κ3) is 1.76. The van der Waals surface area contributed by atoms with Gasteiger partial charge in [0.15, 0.2) is 0 Å². The Labute approximate surface area is 99.2 Å². The number of carbonyl (C=O) groups excluding carboxylic acids is 1. The molecule has 1 aromatic rings. The van der Waals surface area contributed by atoms with Gasteiger partial charge in [-0.1, -0.05) is 11.6 Å². The molecule has 88 valence electrons. The van der Waals surface area contributed by atoms with Crippen molar-refractivity contribution in [3.05, 3.63) is 16.9 Å². The maximum Gasteiger partial charge on any atom is 0.213 e. The van der Waals surface area contributed by atoms with Crippen LogP contribution in [0, 0.1) is 0 Å². The molecular weight excluding hydrogens is 228 g/mol. The number of rotatable bonds is 3. The van der Waals surface area contributed by atoms with Crippen LogP contribution in [0.15, 0.2) is 6.20 Å². The number of aryl methyl sites for hydroxylation is 1. The molecular formula is C11H15ClN2O2. The molecule has 5 heteroatoms. The van der Waals surface area contributed by atoms with Crippen LogP contribution in [0.3, 0.4) is 0 Å². The van der Waals surface area contributed by atoms with E-state index in [9.17, 15) is 9.90 Å². The summed E-state index contributed by atoms with van der Waals surface area (Å²) in [5.41, 5.74) is -0.884. The number of carbonyl (C=O) groups is 1. The lowest BCUT2D eigenvalue weighted by atomic mass is 9.94. The van der Waals surface area contributed by atoms with Crippen molar-refractivity contribution < 1.29 is 9.90 Å². The second-order valence-corrected chi connectivity index (χ2v) is 4.63. The number of aliphatic hydroxyl groups is 1. The van der Waals surface area contributed by atoms with Gasteiger partial charge in [0.05, 0.1) is 11.2 Å². The van der Waals surface area contributed by atoms with Crippen molar-refractivity contribution in [2.24, 2.45) is 0 Å². The smallest absolute Gasteiger partial charge is 0.213 e. The minimum Gasteiger partial charge on any atom is -0.382 e. The van der Waals surface area contributed by atoms with Gasteiger partial charge in [0.25, 0.3) is 0 Å². The molecule has 0 bridgehead atoms. The Bertz CT molecular complexity index is 408. The van der Waals surface area contributed by atoms with E-state index in [4.69, 9.17) is 11.6 Å². The van der Waals surface area contributed by atoms with Crippen LogP contribution in [-0.4, -0.2) is 26.3 Å². The second-order valence-electron chi connectivity index (χ2n) is 4.22. The lowest BCUT2D eigenvalue weighted by Gasteiger charge is -2.20. The zero-order chi connectivity index (χ0) is 11.8. The summed E-state index contributed by atoms with van der Waals surface area (Å²) in [4.78, 5) is 12.2. The van der Waals surface area contributed by atoms with Gasteiger partial charge in [-0.2, -0.15) is 5.10 Å². The van der Waals surface area contributed by atoms with Gasteiger partial charge < -0.3 is 5.11 Å². The summed E-state index contributed by atoms with van der Waals surface area (Å²) in [7, 11) is 0. The zero-order valence-corrected chi connectivity index (χ0v) is 10.00. The van der Waals surface area contributed by atoms with Crippen LogP contribution in [0.25, 0.3) is 0 Å². The molecule has 0 amide bonds. The Morgan fingerprint density at radius 2 is 2.25 bits per heavy atom. The highest BCUT2D eigenvalue weighted by atomic mass is 35.5. The molecule has 1 saturated carbocycles. The van der Waals surface area contributed by atoms with Crippen LogP contribution in [0.4, 0.5) is 0 Å². The molecule has 0 aromatic carbocycles. The lowest BCUT2D eigenvalue weighted by Crippen LogP contribution is -2.36. The molecule has 0 radical (unpaired) electrons. The van der Waals surface area contributed by atoms with E-state index in [-0.39, 0.29) is 5.78 Å². The molecule has 1 aliphatic rings. The van der Waals surface area contributed by atoms with Gasteiger partial charge in [-0.25, -0.2) is 0 Å². The summed E-state index contributed by atoms with van der Waals surface area (Å²) in [6, 6.07) is 0. The van der Waals surface area contributed by atoms with E-state index in [0.29, 0.717) is 30.1 Å². The molecule has 0 unspecified atom stereocenters. The number of hydrogen-bond donors (Lipinski definition) is 1. The summed E-state index contributed by atoms with van der Waals surface area (Å²) in [5.74, 6) is -0.283. The van der Waals surface area contributed by atoms with E-state index < -0.39 is 5.60 Å². The fraction of sp³-hybridized carbons (Fsp3) is 0.636. The monoisotopic (exact) mass is 242 g/mol. The molecule has 0 saturated heterocycles. The van der Waals surface area contributed by atoms with Crippen LogP contribution < -0.4 is 0 Å². The van der Waals surface area contributed by atoms with Gasteiger partial charge in [-0.15, -0.1) is 0 Å². The highest BCUT2D eigenvalue weighted by Gasteiger charge is 2.41. The quantitative estimate of drug-likeness (QED) is 0.826. The van der Waals surface area contributed by atoms with Gasteiger partial charge in [0.2, 0.25) is 5.78 Å². The van der Waals surface area contributed by atoms with E-state index in [1.165, 1.54) is 6.20 Å². The predicted octanol–water partition coefficient (Wildman–Crippen LogP) is 2.04. The van der Waals surface area contributed by atoms with Crippen LogP contribution >= 0.6 is 11.6 Å². The molecule has 1 aliphatic carbocycles. The summed E-state index contributed by atoms with van der Waals surface area (Å²) in [6.45, 7) is 2.46. The number of ketones is 1. The Morgan fingerprint density at radius 3 is 2.81 bits per heavy atom. The van der Waals surface area contributed by atoms with Gasteiger partial charge in [0, 0.05) is 6.54 Å². The molecule has 1 fully saturated rings. The van der Waals surface area contributed by atoms with Crippen molar-refractivity contribution in [1.82, 2.24) is 9.78 Å². The normalized spacial score (nSPS) is 18.9. The third-order valence-electron chi connectivity index (χ3n) is 3.16. The topological polar surface area (TPSA) is 55.1 Å². The standard InChI is InChI=1S/C11H15ClN2O2/c1-2-14-9(8(12)7-13-14)10(15)11(16)5-3-4-6-11/h7,16H,2-6H2,1H3. The largest absolute Gasteiger partial charge is 0.382 e. The maximum atomic E-state index is 12.2. The van der Waals surface area contributed by atoms with Crippen molar-refractivity contribution in [1.29, 1.82) is 0 Å². The first-order valence-corrected chi connectivity index (χ1v) is 5.95. The zero-order valence-electron chi connectivity index (χ0n) is 9.24. The summed E-state index contributed by atoms with van der Waals surface area (Å²) >= 11 is 5.94. The van der Waals surface area contributed by atoms with Crippen molar-refractivity contribution in [2.45, 2.75) is 44.8 Å². The van der Waals surface area contributed by atoms with Gasteiger partial charge in [-0.3, -0.25) is 9.48 Å². The number of aromatic nitrogens is 2. The van der Waals surface area contributed by atoms with Crippen molar-refractivity contribution in [3.63, 3.8) is 0 Å². The number of nitrogens with zero attached hydrogens (tertiary/aromatic N) is 2. The minimum atomic E-state index is -1.23. The molecule has 0 atom stereocenters. The SMILES string of the molecule is CCn1ncc(Cl)c1C(=O)C1(O)CCCC1. The number of halogens is 1. The number of hydrogen-bond acceptors (Lipinski definition) is 3. The fourth-order valence-corrected chi connectivity index (χ4v) is 2.46. The van der Waals surface area contributed by atoms with E-state index in [2.05, 4.69) is 5.10 Å². The molecule has 1 heterocycles. The maximum absolute atomic E-state index is 12.2. The summed E-state index contributed by atoms with van der Waals surface area (Å²) < 4.78 is 1.54. The Morgan fingerprint density at radius 1 is 1.62 bits per heavy atom. The fourth-order valence-electron chi connectivity index (χ4n) is 2.24. The van der Waals surface area contributed by atoms with Crippen molar-refractivity contribution in [3.8, 4) is 0 Å². The van der Waals surface area contributed by atoms with E-state index in [0.717, 1.165) is 12.8 Å². The van der Waals surface area contributed by atoms with Crippen molar-refractivity contribution in [2.75, 3.05) is 0 Å². The van der Waals surface area contributed by atoms with Gasteiger partial charge in [0.1, 0.15) is 11.3 Å². The third-order valence-corrected chi connectivity index (χ3v) is 3.44. The Balaban J connectivity index is 2.36. The molecule has 0 aliphatic heterocycles. The van der Waals surface area contributed by atoms with E-state index >= 15 is 0 Å². The average Bonchev–Trinajstić information content (AvgIpc) is 2.85. The molecule has 1 aromatic heterocycles. The molecule has 2 rings (SSSR count). The summed E-state index contributed by atoms with van der Waals surface area (Å²) in [5, 5.41) is 14.6. The van der Waals surface area contributed by atoms with Crippen molar-refractivity contribution >= 4 is 17.4 Å². The van der Waals surface area contributed by atoms with E-state index in [1.54, 1.807) is 4.68 Å². The molecule has 1 N–H and O–H groups in total. The number of Topliss-reactive ketones (excluding diaryl/α,β-unsaturated/α-hetero) is 1. The first-order valence-electron chi connectivity index (χ1n) is 5.57. The molecule has 4 nitrogen and oxygen atoms in total. The first kappa shape index (κ1) is 11.6. The van der Waals surface area contributed by atoms with Crippen LogP contribution in [0.5, 0.6) is 0 Å². The summed E-state index contributed by atoms with van der Waals surface area (Å²) in [6.07, 6.45) is 4.28. The highest BCUT2D eigenvalue weighted by Crippen LogP contribution is 2.34. The van der Waals surface area contributed by atoms with Crippen LogP contribution in [0.2, 0.25) is 5.02 Å². The Hall–Kier alpha value is -0.870. The van der Waals surface area contributed by atoms with Gasteiger partial charge >= 0.3 is 0 Å². The predicted molar refractivity (Wildman–Crippen MR) is 60.7 cm³/mol.